The largest absolute Gasteiger partial charge is 0.390 e. The minimum Gasteiger partial charge on any atom is -0.303 e. The summed E-state index contributed by atoms with van der Waals surface area (Å²) in [5.74, 6) is 0. The summed E-state index contributed by atoms with van der Waals surface area (Å²) in [6.45, 7) is 0.719. The Bertz CT molecular complexity index is 205. The molecule has 0 aromatic rings. The predicted octanol–water partition coefficient (Wildman–Crippen LogP) is 2.38. The number of rotatable bonds is 4. The van der Waals surface area contributed by atoms with Crippen LogP contribution in [-0.4, -0.2) is 36.5 Å². The summed E-state index contributed by atoms with van der Waals surface area (Å²) in [6, 6.07) is 0.0265. The Kier molecular flexibility index (Phi) is 4.57. The van der Waals surface area contributed by atoms with E-state index in [4.69, 9.17) is 0 Å². The highest BCUT2D eigenvalue weighted by atomic mass is 19.4. The van der Waals surface area contributed by atoms with Gasteiger partial charge in [-0.2, -0.15) is 13.2 Å². The zero-order valence-corrected chi connectivity index (χ0v) is 8.59. The van der Waals surface area contributed by atoms with Crippen LogP contribution in [0, 0.1) is 0 Å². The summed E-state index contributed by atoms with van der Waals surface area (Å²) in [6.07, 6.45) is -0.912. The fourth-order valence-corrected chi connectivity index (χ4v) is 2.00. The molecule has 0 radical (unpaired) electrons. The van der Waals surface area contributed by atoms with E-state index in [1.165, 1.54) is 0 Å². The number of hydrogen-bond acceptors (Lipinski definition) is 2. The lowest BCUT2D eigenvalue weighted by Crippen LogP contribution is -2.41. The van der Waals surface area contributed by atoms with E-state index in [2.05, 4.69) is 0 Å². The number of hydrogen-bond donors (Lipinski definition) is 0. The Hall–Kier alpha value is -0.580. The molecule has 0 aromatic heterocycles. The van der Waals surface area contributed by atoms with Crippen LogP contribution in [0.25, 0.3) is 0 Å². The second-order valence-corrected chi connectivity index (χ2v) is 3.95. The lowest BCUT2D eigenvalue weighted by atomic mass is 10.00. The van der Waals surface area contributed by atoms with Crippen LogP contribution in [0.3, 0.4) is 0 Å². The van der Waals surface area contributed by atoms with Crippen molar-refractivity contribution in [3.63, 3.8) is 0 Å². The highest BCUT2D eigenvalue weighted by Crippen LogP contribution is 2.24. The maximum absolute atomic E-state index is 12.0. The summed E-state index contributed by atoms with van der Waals surface area (Å²) in [4.78, 5) is 12.2. The van der Waals surface area contributed by atoms with Crippen LogP contribution in [0.5, 0.6) is 0 Å². The van der Waals surface area contributed by atoms with Gasteiger partial charge in [0.25, 0.3) is 0 Å². The number of carbonyl (C=O) groups excluding carboxylic acids is 1. The molecule has 1 atom stereocenters. The Labute approximate surface area is 87.4 Å². The fraction of sp³-hybridized carbons (Fsp3) is 0.900. The maximum atomic E-state index is 12.0. The molecule has 88 valence electrons. The third-order valence-corrected chi connectivity index (χ3v) is 2.80. The SMILES string of the molecule is O=CCC1CCCCN1CCC(F)(F)F. The van der Waals surface area contributed by atoms with E-state index in [1.54, 1.807) is 4.90 Å². The molecule has 0 saturated carbocycles. The van der Waals surface area contributed by atoms with Crippen LogP contribution in [0.4, 0.5) is 13.2 Å². The molecule has 15 heavy (non-hydrogen) atoms. The zero-order valence-electron chi connectivity index (χ0n) is 8.59. The molecule has 1 heterocycles. The number of piperidine rings is 1. The van der Waals surface area contributed by atoms with E-state index >= 15 is 0 Å². The van der Waals surface area contributed by atoms with E-state index in [0.717, 1.165) is 25.5 Å². The second kappa shape index (κ2) is 5.49. The maximum Gasteiger partial charge on any atom is 0.390 e. The van der Waals surface area contributed by atoms with Crippen LogP contribution in [0.1, 0.15) is 32.1 Å². The van der Waals surface area contributed by atoms with Crippen molar-refractivity contribution in [2.75, 3.05) is 13.1 Å². The van der Waals surface area contributed by atoms with Crippen molar-refractivity contribution < 1.29 is 18.0 Å². The molecule has 5 heteroatoms. The topological polar surface area (TPSA) is 20.3 Å². The van der Waals surface area contributed by atoms with E-state index in [1.807, 2.05) is 0 Å². The first kappa shape index (κ1) is 12.5. The van der Waals surface area contributed by atoms with Crippen molar-refractivity contribution in [1.29, 1.82) is 0 Å². The molecule has 0 amide bonds. The predicted molar refractivity (Wildman–Crippen MR) is 50.6 cm³/mol. The van der Waals surface area contributed by atoms with Crippen molar-refractivity contribution in [3.05, 3.63) is 0 Å². The van der Waals surface area contributed by atoms with Crippen LogP contribution >= 0.6 is 0 Å². The first-order valence-corrected chi connectivity index (χ1v) is 5.27. The highest BCUT2D eigenvalue weighted by molar-refractivity contribution is 5.50. The molecule has 0 N–H and O–H groups in total. The molecule has 0 aromatic carbocycles. The zero-order chi connectivity index (χ0) is 11.3. The van der Waals surface area contributed by atoms with E-state index in [-0.39, 0.29) is 12.6 Å². The molecular weight excluding hydrogens is 207 g/mol. The Morgan fingerprint density at radius 1 is 1.33 bits per heavy atom. The van der Waals surface area contributed by atoms with Gasteiger partial charge in [0.1, 0.15) is 6.29 Å². The van der Waals surface area contributed by atoms with Gasteiger partial charge in [0.15, 0.2) is 0 Å². The normalized spacial score (nSPS) is 24.1. The number of likely N-dealkylation sites (tertiary alicyclic amines) is 1. The highest BCUT2D eigenvalue weighted by Gasteiger charge is 2.30. The third kappa shape index (κ3) is 4.64. The minimum atomic E-state index is -4.09. The van der Waals surface area contributed by atoms with Crippen LogP contribution < -0.4 is 0 Å². The van der Waals surface area contributed by atoms with Gasteiger partial charge in [-0.15, -0.1) is 0 Å². The number of nitrogens with zero attached hydrogens (tertiary/aromatic N) is 1. The molecule has 2 nitrogen and oxygen atoms in total. The molecule has 1 saturated heterocycles. The van der Waals surface area contributed by atoms with Crippen molar-refractivity contribution in [1.82, 2.24) is 4.90 Å². The van der Waals surface area contributed by atoms with Crippen molar-refractivity contribution in [3.8, 4) is 0 Å². The molecule has 0 bridgehead atoms. The number of aldehydes is 1. The van der Waals surface area contributed by atoms with Crippen molar-refractivity contribution in [2.24, 2.45) is 0 Å². The molecule has 0 aliphatic carbocycles. The van der Waals surface area contributed by atoms with Gasteiger partial charge in [-0.3, -0.25) is 4.90 Å². The first-order valence-electron chi connectivity index (χ1n) is 5.27. The third-order valence-electron chi connectivity index (χ3n) is 2.80. The van der Waals surface area contributed by atoms with Crippen molar-refractivity contribution >= 4 is 6.29 Å². The van der Waals surface area contributed by atoms with Crippen LogP contribution in [0.2, 0.25) is 0 Å². The lowest BCUT2D eigenvalue weighted by Gasteiger charge is -2.34. The Morgan fingerprint density at radius 2 is 2.07 bits per heavy atom. The van der Waals surface area contributed by atoms with Gasteiger partial charge in [0.2, 0.25) is 0 Å². The van der Waals surface area contributed by atoms with E-state index < -0.39 is 12.6 Å². The van der Waals surface area contributed by atoms with Gasteiger partial charge in [-0.25, -0.2) is 0 Å². The van der Waals surface area contributed by atoms with Gasteiger partial charge in [0, 0.05) is 19.0 Å². The molecule has 1 aliphatic rings. The summed E-state index contributed by atoms with van der Waals surface area (Å²) < 4.78 is 36.1. The summed E-state index contributed by atoms with van der Waals surface area (Å²) in [5, 5.41) is 0. The lowest BCUT2D eigenvalue weighted by molar-refractivity contribution is -0.139. The first-order chi connectivity index (χ1) is 7.03. The molecular formula is C10H16F3NO. The van der Waals surface area contributed by atoms with Crippen molar-refractivity contribution in [2.45, 2.75) is 44.3 Å². The molecule has 1 rings (SSSR count). The smallest absolute Gasteiger partial charge is 0.303 e. The summed E-state index contributed by atoms with van der Waals surface area (Å²) >= 11 is 0. The number of alkyl halides is 3. The number of halogens is 3. The standard InChI is InChI=1S/C10H16F3NO/c11-10(12,13)5-7-14-6-2-1-3-9(14)4-8-15/h8-9H,1-7H2. The van der Waals surface area contributed by atoms with E-state index in [0.29, 0.717) is 13.0 Å². The second-order valence-electron chi connectivity index (χ2n) is 3.95. The summed E-state index contributed by atoms with van der Waals surface area (Å²) in [5.41, 5.74) is 0. The summed E-state index contributed by atoms with van der Waals surface area (Å²) in [7, 11) is 0. The van der Waals surface area contributed by atoms with E-state index in [9.17, 15) is 18.0 Å². The molecule has 1 unspecified atom stereocenters. The Balaban J connectivity index is 2.38. The Morgan fingerprint density at radius 3 is 2.67 bits per heavy atom. The van der Waals surface area contributed by atoms with Gasteiger partial charge >= 0.3 is 6.18 Å². The van der Waals surface area contributed by atoms with Gasteiger partial charge in [-0.05, 0) is 19.4 Å². The van der Waals surface area contributed by atoms with Gasteiger partial charge in [0.05, 0.1) is 6.42 Å². The minimum absolute atomic E-state index is 0.0265. The average molecular weight is 223 g/mol. The molecule has 1 aliphatic heterocycles. The fourth-order valence-electron chi connectivity index (χ4n) is 2.00. The molecule has 0 spiro atoms. The monoisotopic (exact) mass is 223 g/mol. The van der Waals surface area contributed by atoms with Crippen LogP contribution in [0.15, 0.2) is 0 Å². The average Bonchev–Trinajstić information content (AvgIpc) is 2.16. The van der Waals surface area contributed by atoms with Gasteiger partial charge in [-0.1, -0.05) is 6.42 Å². The molecule has 1 fully saturated rings. The number of carbonyl (C=O) groups is 1. The van der Waals surface area contributed by atoms with Crippen LogP contribution in [-0.2, 0) is 4.79 Å². The van der Waals surface area contributed by atoms with Gasteiger partial charge < -0.3 is 4.79 Å². The quantitative estimate of drug-likeness (QED) is 0.682.